The van der Waals surface area contributed by atoms with Crippen LogP contribution in [0.2, 0.25) is 0 Å². The van der Waals surface area contributed by atoms with Crippen LogP contribution in [0.3, 0.4) is 0 Å². The predicted molar refractivity (Wildman–Crippen MR) is 113 cm³/mol. The van der Waals surface area contributed by atoms with Crippen molar-refractivity contribution in [1.29, 1.82) is 0 Å². The maximum absolute atomic E-state index is 12.9. The fraction of sp³-hybridized carbons (Fsp3) is 0.174. The van der Waals surface area contributed by atoms with Crippen molar-refractivity contribution in [2.24, 2.45) is 0 Å². The third-order valence-corrected chi connectivity index (χ3v) is 4.50. The summed E-state index contributed by atoms with van der Waals surface area (Å²) in [6, 6.07) is 14.4. The van der Waals surface area contributed by atoms with Gasteiger partial charge < -0.3 is 19.1 Å². The molecule has 0 aliphatic carbocycles. The number of carbonyl (C=O) groups is 2. The fourth-order valence-electron chi connectivity index (χ4n) is 3.09. The molecule has 0 bridgehead atoms. The van der Waals surface area contributed by atoms with E-state index >= 15 is 0 Å². The Morgan fingerprint density at radius 1 is 1.13 bits per heavy atom. The number of hydrogen-bond donors (Lipinski definition) is 1. The molecule has 0 amide bonds. The van der Waals surface area contributed by atoms with Gasteiger partial charge in [0, 0.05) is 24.2 Å². The molecule has 0 unspecified atom stereocenters. The van der Waals surface area contributed by atoms with Gasteiger partial charge in [-0.25, -0.2) is 4.79 Å². The Kier molecular flexibility index (Phi) is 6.32. The lowest BCUT2D eigenvalue weighted by molar-refractivity contribution is -0.151. The average Bonchev–Trinajstić information content (AvgIpc) is 2.76. The number of benzene rings is 2. The first kappa shape index (κ1) is 20.9. The maximum Gasteiger partial charge on any atom is 0.379 e. The van der Waals surface area contributed by atoms with E-state index in [0.29, 0.717) is 29.3 Å². The molecular weight excluding hydrogens is 386 g/mol. The number of hydrogen-bond acceptors (Lipinski definition) is 6. The Balaban J connectivity index is 2.10. The minimum atomic E-state index is -1.10. The molecule has 0 saturated carbocycles. The largest absolute Gasteiger partial charge is 0.507 e. The third kappa shape index (κ3) is 4.41. The van der Waals surface area contributed by atoms with E-state index in [1.807, 2.05) is 30.3 Å². The zero-order chi connectivity index (χ0) is 21.7. The number of pyridine rings is 1. The number of rotatable bonds is 7. The molecule has 0 spiro atoms. The molecule has 1 N–H and O–H groups in total. The van der Waals surface area contributed by atoms with Crippen molar-refractivity contribution in [2.45, 2.75) is 13.5 Å². The molecule has 7 heteroatoms. The van der Waals surface area contributed by atoms with Gasteiger partial charge in [-0.3, -0.25) is 9.59 Å². The lowest BCUT2D eigenvalue weighted by atomic mass is 10.1. The van der Waals surface area contributed by atoms with Crippen LogP contribution < -0.4 is 10.2 Å². The first-order valence-electron chi connectivity index (χ1n) is 9.31. The second kappa shape index (κ2) is 9.09. The van der Waals surface area contributed by atoms with Gasteiger partial charge in [-0.05, 0) is 36.8 Å². The quantitative estimate of drug-likeness (QED) is 0.280. The molecule has 1 heterocycles. The molecule has 0 aliphatic rings. The molecule has 0 aliphatic heterocycles. The van der Waals surface area contributed by atoms with Gasteiger partial charge in [0.05, 0.1) is 24.8 Å². The summed E-state index contributed by atoms with van der Waals surface area (Å²) in [4.78, 5) is 36.3. The zero-order valence-corrected chi connectivity index (χ0v) is 16.6. The van der Waals surface area contributed by atoms with E-state index in [-0.39, 0.29) is 12.2 Å². The number of fused-ring (bicyclic) bond motifs is 1. The second-order valence-corrected chi connectivity index (χ2v) is 6.48. The van der Waals surface area contributed by atoms with Crippen LogP contribution >= 0.6 is 0 Å². The topological polar surface area (TPSA) is 94.8 Å². The summed E-state index contributed by atoms with van der Waals surface area (Å²) in [7, 11) is 1.58. The molecule has 0 fully saturated rings. The fourth-order valence-corrected chi connectivity index (χ4v) is 3.09. The number of aromatic nitrogens is 1. The summed E-state index contributed by atoms with van der Waals surface area (Å²) < 4.78 is 11.7. The van der Waals surface area contributed by atoms with E-state index in [9.17, 15) is 19.5 Å². The van der Waals surface area contributed by atoms with E-state index in [0.717, 1.165) is 5.56 Å². The van der Waals surface area contributed by atoms with Gasteiger partial charge in [-0.1, -0.05) is 24.3 Å². The number of carbonyl (C=O) groups excluding carboxylic acids is 2. The molecule has 2 aromatic carbocycles. The van der Waals surface area contributed by atoms with E-state index in [1.54, 1.807) is 36.8 Å². The molecule has 0 radical (unpaired) electrons. The number of nitrogens with zero attached hydrogens (tertiary/aromatic N) is 1. The Morgan fingerprint density at radius 2 is 1.90 bits per heavy atom. The van der Waals surface area contributed by atoms with Gasteiger partial charge in [0.25, 0.3) is 5.78 Å². The molecular formula is C23H21NO6. The summed E-state index contributed by atoms with van der Waals surface area (Å²) in [5, 5.41) is 10.8. The van der Waals surface area contributed by atoms with E-state index in [4.69, 9.17) is 4.74 Å². The van der Waals surface area contributed by atoms with E-state index in [1.165, 1.54) is 6.20 Å². The number of aliphatic hydroxyl groups excluding tert-OH is 1. The van der Waals surface area contributed by atoms with Crippen LogP contribution in [0.25, 0.3) is 16.7 Å². The minimum Gasteiger partial charge on any atom is -0.507 e. The lowest BCUT2D eigenvalue weighted by Crippen LogP contribution is -2.18. The minimum absolute atomic E-state index is 0.0303. The highest BCUT2D eigenvalue weighted by Crippen LogP contribution is 2.19. The predicted octanol–water partition coefficient (Wildman–Crippen LogP) is 3.09. The van der Waals surface area contributed by atoms with Crippen molar-refractivity contribution >= 4 is 28.4 Å². The summed E-state index contributed by atoms with van der Waals surface area (Å²) in [6.07, 6.45) is 2.17. The molecule has 0 saturated heterocycles. The first-order chi connectivity index (χ1) is 14.4. The number of ether oxygens (including phenoxy) is 2. The highest BCUT2D eigenvalue weighted by molar-refractivity contribution is 6.39. The highest BCUT2D eigenvalue weighted by Gasteiger charge is 2.17. The number of aliphatic hydroxyl groups is 1. The normalized spacial score (nSPS) is 11.3. The molecule has 0 atom stereocenters. The smallest absolute Gasteiger partial charge is 0.379 e. The average molecular weight is 407 g/mol. The van der Waals surface area contributed by atoms with E-state index < -0.39 is 22.9 Å². The number of methoxy groups -OCH3 is 1. The van der Waals surface area contributed by atoms with Gasteiger partial charge in [0.2, 0.25) is 0 Å². The lowest BCUT2D eigenvalue weighted by Gasteiger charge is -2.14. The number of esters is 1. The Morgan fingerprint density at radius 3 is 2.63 bits per heavy atom. The Hall–Kier alpha value is -3.87. The zero-order valence-electron chi connectivity index (χ0n) is 16.6. The summed E-state index contributed by atoms with van der Waals surface area (Å²) in [5.41, 5.74) is 1.05. The SMILES string of the molecule is CCOC(=O)C(=O)/C=C(\O)c1cn(Cc2cccc(OC)c2)c2ccccc2c1=O. The van der Waals surface area contributed by atoms with Crippen molar-refractivity contribution < 1.29 is 24.2 Å². The highest BCUT2D eigenvalue weighted by atomic mass is 16.5. The van der Waals surface area contributed by atoms with Gasteiger partial charge in [-0.2, -0.15) is 0 Å². The van der Waals surface area contributed by atoms with Gasteiger partial charge in [0.1, 0.15) is 11.5 Å². The van der Waals surface area contributed by atoms with Gasteiger partial charge >= 0.3 is 5.97 Å². The Labute approximate surface area is 172 Å². The van der Waals surface area contributed by atoms with Gasteiger partial charge in [-0.15, -0.1) is 0 Å². The van der Waals surface area contributed by atoms with Crippen molar-refractivity contribution in [1.82, 2.24) is 4.57 Å². The van der Waals surface area contributed by atoms with Crippen LogP contribution in [0.1, 0.15) is 18.1 Å². The van der Waals surface area contributed by atoms with Crippen LogP contribution in [0.15, 0.2) is 65.6 Å². The van der Waals surface area contributed by atoms with Crippen molar-refractivity contribution in [3.63, 3.8) is 0 Å². The molecule has 154 valence electrons. The molecule has 3 aromatic rings. The van der Waals surface area contributed by atoms with Crippen molar-refractivity contribution in [3.05, 3.63) is 82.2 Å². The van der Waals surface area contributed by atoms with Crippen molar-refractivity contribution in [3.8, 4) is 5.75 Å². The van der Waals surface area contributed by atoms with Crippen LogP contribution in [0.4, 0.5) is 0 Å². The number of para-hydroxylation sites is 1. The second-order valence-electron chi connectivity index (χ2n) is 6.48. The maximum atomic E-state index is 12.9. The monoisotopic (exact) mass is 407 g/mol. The third-order valence-electron chi connectivity index (χ3n) is 4.50. The number of ketones is 1. The van der Waals surface area contributed by atoms with Gasteiger partial charge in [0.15, 0.2) is 5.43 Å². The summed E-state index contributed by atoms with van der Waals surface area (Å²) >= 11 is 0. The Bertz CT molecular complexity index is 1190. The standard InChI is InChI=1S/C23H21NO6/c1-3-30-23(28)21(26)12-20(25)18-14-24(13-15-7-6-8-16(11-15)29-2)19-10-5-4-9-17(19)22(18)27/h4-12,14,25H,3,13H2,1-2H3/b20-12-. The molecule has 1 aromatic heterocycles. The first-order valence-corrected chi connectivity index (χ1v) is 9.31. The van der Waals surface area contributed by atoms with Crippen LogP contribution in [0.5, 0.6) is 5.75 Å². The molecule has 30 heavy (non-hydrogen) atoms. The van der Waals surface area contributed by atoms with Crippen LogP contribution in [-0.4, -0.2) is 35.1 Å². The van der Waals surface area contributed by atoms with Crippen LogP contribution in [0, 0.1) is 0 Å². The van der Waals surface area contributed by atoms with E-state index in [2.05, 4.69) is 4.74 Å². The molecule has 3 rings (SSSR count). The summed E-state index contributed by atoms with van der Waals surface area (Å²) in [5.74, 6) is -2.04. The van der Waals surface area contributed by atoms with Crippen LogP contribution in [-0.2, 0) is 20.9 Å². The molecule has 7 nitrogen and oxygen atoms in total. The summed E-state index contributed by atoms with van der Waals surface area (Å²) in [6.45, 7) is 1.99. The van der Waals surface area contributed by atoms with Crippen molar-refractivity contribution in [2.75, 3.05) is 13.7 Å².